The van der Waals surface area contributed by atoms with E-state index in [9.17, 15) is 23.3 Å². The summed E-state index contributed by atoms with van der Waals surface area (Å²) < 4.78 is 35.6. The van der Waals surface area contributed by atoms with Crippen molar-refractivity contribution in [1.29, 1.82) is 0 Å². The van der Waals surface area contributed by atoms with Gasteiger partial charge in [0.15, 0.2) is 0 Å². The molecule has 0 unspecified atom stereocenters. The van der Waals surface area contributed by atoms with Crippen LogP contribution in [0.15, 0.2) is 47.4 Å². The van der Waals surface area contributed by atoms with Crippen molar-refractivity contribution < 1.29 is 27.6 Å². The van der Waals surface area contributed by atoms with Crippen LogP contribution in [0.2, 0.25) is 0 Å². The van der Waals surface area contributed by atoms with Crippen molar-refractivity contribution in [3.8, 4) is 5.75 Å². The SMILES string of the molecule is CNc1ccc(C(=O)OCCOc2ccc(S(=O)(=O)N(C)C)cc2)cc1[N+](=O)[O-]. The Morgan fingerprint density at radius 3 is 2.34 bits per heavy atom. The monoisotopic (exact) mass is 423 g/mol. The molecule has 0 amide bonds. The largest absolute Gasteiger partial charge is 0.490 e. The quantitative estimate of drug-likeness (QED) is 0.281. The van der Waals surface area contributed by atoms with Gasteiger partial charge in [-0.3, -0.25) is 10.1 Å². The minimum absolute atomic E-state index is 0.0300. The first-order chi connectivity index (χ1) is 13.7. The van der Waals surface area contributed by atoms with Crippen LogP contribution in [-0.2, 0) is 14.8 Å². The van der Waals surface area contributed by atoms with Crippen molar-refractivity contribution in [2.24, 2.45) is 0 Å². The Bertz CT molecular complexity index is 989. The van der Waals surface area contributed by atoms with Gasteiger partial charge in [0.2, 0.25) is 10.0 Å². The molecular formula is C18H21N3O7S. The van der Waals surface area contributed by atoms with Crippen LogP contribution in [0, 0.1) is 10.1 Å². The summed E-state index contributed by atoms with van der Waals surface area (Å²) in [6.45, 7) is -0.0552. The van der Waals surface area contributed by atoms with E-state index in [0.717, 1.165) is 10.4 Å². The normalized spacial score (nSPS) is 11.2. The highest BCUT2D eigenvalue weighted by atomic mass is 32.2. The summed E-state index contributed by atoms with van der Waals surface area (Å²) >= 11 is 0. The number of carbonyl (C=O) groups is 1. The Hall–Kier alpha value is -3.18. The first kappa shape index (κ1) is 22.1. The number of benzene rings is 2. The van der Waals surface area contributed by atoms with E-state index in [4.69, 9.17) is 9.47 Å². The van der Waals surface area contributed by atoms with Gasteiger partial charge < -0.3 is 14.8 Å². The third-order valence-electron chi connectivity index (χ3n) is 3.89. The van der Waals surface area contributed by atoms with E-state index < -0.39 is 20.9 Å². The van der Waals surface area contributed by atoms with Crippen LogP contribution in [0.3, 0.4) is 0 Å². The van der Waals surface area contributed by atoms with E-state index in [1.807, 2.05) is 0 Å². The molecule has 0 radical (unpaired) electrons. The van der Waals surface area contributed by atoms with Crippen molar-refractivity contribution in [2.75, 3.05) is 39.7 Å². The number of anilines is 1. The smallest absolute Gasteiger partial charge is 0.338 e. The fourth-order valence-electron chi connectivity index (χ4n) is 2.32. The van der Waals surface area contributed by atoms with Crippen molar-refractivity contribution in [1.82, 2.24) is 4.31 Å². The second-order valence-corrected chi connectivity index (χ2v) is 8.13. The summed E-state index contributed by atoms with van der Waals surface area (Å²) in [5.74, 6) is -0.306. The lowest BCUT2D eigenvalue weighted by Gasteiger charge is -2.12. The van der Waals surface area contributed by atoms with Crippen molar-refractivity contribution >= 4 is 27.4 Å². The Morgan fingerprint density at radius 2 is 1.79 bits per heavy atom. The molecule has 0 bridgehead atoms. The maximum atomic E-state index is 12.1. The van der Waals surface area contributed by atoms with Gasteiger partial charge >= 0.3 is 5.97 Å². The number of ether oxygens (including phenoxy) is 2. The number of nitrogens with zero attached hydrogens (tertiary/aromatic N) is 2. The maximum Gasteiger partial charge on any atom is 0.338 e. The number of hydrogen-bond donors (Lipinski definition) is 1. The molecule has 0 aliphatic carbocycles. The Labute approximate surface area is 168 Å². The summed E-state index contributed by atoms with van der Waals surface area (Å²) in [6, 6.07) is 9.81. The molecule has 0 saturated heterocycles. The molecule has 0 fully saturated rings. The third kappa shape index (κ3) is 5.42. The van der Waals surface area contributed by atoms with Gasteiger partial charge in [0.1, 0.15) is 24.7 Å². The molecule has 29 heavy (non-hydrogen) atoms. The number of sulfonamides is 1. The Morgan fingerprint density at radius 1 is 1.14 bits per heavy atom. The molecule has 11 heteroatoms. The Kier molecular flexibility index (Phi) is 7.13. The molecule has 2 aromatic carbocycles. The van der Waals surface area contributed by atoms with E-state index in [1.165, 1.54) is 50.5 Å². The summed E-state index contributed by atoms with van der Waals surface area (Å²) in [6.07, 6.45) is 0. The van der Waals surface area contributed by atoms with Crippen LogP contribution in [-0.4, -0.2) is 58.0 Å². The molecule has 2 aromatic rings. The molecule has 0 atom stereocenters. The molecule has 10 nitrogen and oxygen atoms in total. The average molecular weight is 423 g/mol. The van der Waals surface area contributed by atoms with E-state index in [2.05, 4.69) is 5.32 Å². The first-order valence-corrected chi connectivity index (χ1v) is 9.89. The molecular weight excluding hydrogens is 402 g/mol. The predicted molar refractivity (Wildman–Crippen MR) is 106 cm³/mol. The van der Waals surface area contributed by atoms with Gasteiger partial charge in [0.25, 0.3) is 5.69 Å². The first-order valence-electron chi connectivity index (χ1n) is 8.45. The molecule has 2 rings (SSSR count). The molecule has 1 N–H and O–H groups in total. The van der Waals surface area contributed by atoms with Crippen molar-refractivity contribution in [3.63, 3.8) is 0 Å². The van der Waals surface area contributed by atoms with Gasteiger partial charge in [-0.25, -0.2) is 17.5 Å². The minimum Gasteiger partial charge on any atom is -0.490 e. The second-order valence-electron chi connectivity index (χ2n) is 5.98. The molecule has 0 aliphatic heterocycles. The summed E-state index contributed by atoms with van der Waals surface area (Å²) in [4.78, 5) is 22.6. The molecule has 0 aromatic heterocycles. The molecule has 156 valence electrons. The van der Waals surface area contributed by atoms with Crippen LogP contribution >= 0.6 is 0 Å². The van der Waals surface area contributed by atoms with Crippen LogP contribution in [0.5, 0.6) is 5.75 Å². The van der Waals surface area contributed by atoms with Crippen LogP contribution in [0.4, 0.5) is 11.4 Å². The molecule has 0 heterocycles. The number of nitro groups is 1. The maximum absolute atomic E-state index is 12.1. The molecule has 0 saturated carbocycles. The van der Waals surface area contributed by atoms with Crippen molar-refractivity contribution in [3.05, 3.63) is 58.1 Å². The van der Waals surface area contributed by atoms with Gasteiger partial charge in [-0.2, -0.15) is 0 Å². The molecule has 0 aliphatic rings. The number of carbonyl (C=O) groups excluding carboxylic acids is 1. The van der Waals surface area contributed by atoms with E-state index in [1.54, 1.807) is 7.05 Å². The summed E-state index contributed by atoms with van der Waals surface area (Å²) in [5.41, 5.74) is 0.106. The average Bonchev–Trinajstić information content (AvgIpc) is 2.70. The highest BCUT2D eigenvalue weighted by molar-refractivity contribution is 7.89. The van der Waals surface area contributed by atoms with Gasteiger partial charge in [-0.1, -0.05) is 0 Å². The second kappa shape index (κ2) is 9.34. The van der Waals surface area contributed by atoms with Crippen LogP contribution in [0.25, 0.3) is 0 Å². The zero-order valence-corrected chi connectivity index (χ0v) is 16.9. The summed E-state index contributed by atoms with van der Waals surface area (Å²) in [7, 11) is 0.901. The zero-order chi connectivity index (χ0) is 21.6. The Balaban J connectivity index is 1.90. The summed E-state index contributed by atoms with van der Waals surface area (Å²) in [5, 5.41) is 13.7. The van der Waals surface area contributed by atoms with Gasteiger partial charge in [-0.05, 0) is 36.4 Å². The number of nitrogens with one attached hydrogen (secondary N) is 1. The number of hydrogen-bond acceptors (Lipinski definition) is 8. The predicted octanol–water partition coefficient (Wildman–Crippen LogP) is 2.12. The van der Waals surface area contributed by atoms with Gasteiger partial charge in [0, 0.05) is 27.2 Å². The fraction of sp³-hybridized carbons (Fsp3) is 0.278. The molecule has 0 spiro atoms. The number of nitro benzene ring substituents is 1. The van der Waals surface area contributed by atoms with Crippen LogP contribution in [0.1, 0.15) is 10.4 Å². The van der Waals surface area contributed by atoms with E-state index in [0.29, 0.717) is 5.75 Å². The minimum atomic E-state index is -3.52. The standard InChI is InChI=1S/C18H21N3O7S/c1-19-16-9-4-13(12-17(16)21(23)24)18(22)28-11-10-27-14-5-7-15(8-6-14)29(25,26)20(2)3/h4-9,12,19H,10-11H2,1-3H3. The highest BCUT2D eigenvalue weighted by Crippen LogP contribution is 2.25. The lowest BCUT2D eigenvalue weighted by atomic mass is 10.1. The lowest BCUT2D eigenvalue weighted by Crippen LogP contribution is -2.22. The van der Waals surface area contributed by atoms with E-state index >= 15 is 0 Å². The number of rotatable bonds is 9. The van der Waals surface area contributed by atoms with Gasteiger partial charge in [-0.15, -0.1) is 0 Å². The lowest BCUT2D eigenvalue weighted by molar-refractivity contribution is -0.384. The highest BCUT2D eigenvalue weighted by Gasteiger charge is 2.18. The third-order valence-corrected chi connectivity index (χ3v) is 5.72. The van der Waals surface area contributed by atoms with E-state index in [-0.39, 0.29) is 35.0 Å². The topological polar surface area (TPSA) is 128 Å². The van der Waals surface area contributed by atoms with Gasteiger partial charge in [0.05, 0.1) is 15.4 Å². The van der Waals surface area contributed by atoms with Crippen molar-refractivity contribution in [2.45, 2.75) is 4.90 Å². The number of esters is 1. The van der Waals surface area contributed by atoms with Crippen LogP contribution < -0.4 is 10.1 Å². The zero-order valence-electron chi connectivity index (χ0n) is 16.1. The fourth-order valence-corrected chi connectivity index (χ4v) is 3.22.